The molecule has 3 rings (SSSR count). The quantitative estimate of drug-likeness (QED) is 0.757. The van der Waals surface area contributed by atoms with Gasteiger partial charge in [0.05, 0.1) is 4.90 Å². The highest BCUT2D eigenvalue weighted by Crippen LogP contribution is 2.20. The Morgan fingerprint density at radius 1 is 0.897 bits per heavy atom. The molecule has 1 N–H and O–H groups in total. The van der Waals surface area contributed by atoms with Gasteiger partial charge in [0.1, 0.15) is 0 Å². The smallest absolute Gasteiger partial charge is 0.317 e. The number of ketones is 1. The van der Waals surface area contributed by atoms with Crippen LogP contribution in [-0.2, 0) is 10.0 Å². The SMILES string of the molecule is CC(=O)c1ccc(S(=O)(=O)N2CCN(C(=O)NC3CCCCCCC3)CC2)cc1. The van der Waals surface area contributed by atoms with Gasteiger partial charge in [-0.05, 0) is 31.9 Å². The number of hydrogen-bond acceptors (Lipinski definition) is 4. The zero-order valence-corrected chi connectivity index (χ0v) is 17.9. The predicted octanol–water partition coefficient (Wildman–Crippen LogP) is 3.02. The van der Waals surface area contributed by atoms with Crippen molar-refractivity contribution in [1.82, 2.24) is 14.5 Å². The molecule has 2 fully saturated rings. The Bertz CT molecular complexity index is 807. The zero-order chi connectivity index (χ0) is 20.9. The van der Waals surface area contributed by atoms with Gasteiger partial charge in [-0.3, -0.25) is 4.79 Å². The maximum atomic E-state index is 12.9. The van der Waals surface area contributed by atoms with Gasteiger partial charge in [0.25, 0.3) is 0 Å². The van der Waals surface area contributed by atoms with Crippen LogP contribution in [0, 0.1) is 0 Å². The van der Waals surface area contributed by atoms with Crippen LogP contribution in [0.5, 0.6) is 0 Å². The number of rotatable bonds is 4. The van der Waals surface area contributed by atoms with Crippen LogP contribution in [0.3, 0.4) is 0 Å². The van der Waals surface area contributed by atoms with E-state index in [0.29, 0.717) is 18.7 Å². The Kier molecular flexibility index (Phi) is 7.29. The highest BCUT2D eigenvalue weighted by Gasteiger charge is 2.30. The molecule has 7 nitrogen and oxygen atoms in total. The molecule has 0 atom stereocenters. The Morgan fingerprint density at radius 2 is 1.45 bits per heavy atom. The van der Waals surface area contributed by atoms with Crippen LogP contribution in [0.15, 0.2) is 29.2 Å². The van der Waals surface area contributed by atoms with Crippen LogP contribution >= 0.6 is 0 Å². The summed E-state index contributed by atoms with van der Waals surface area (Å²) in [5.74, 6) is -0.0992. The minimum Gasteiger partial charge on any atom is -0.335 e. The van der Waals surface area contributed by atoms with Gasteiger partial charge in [0.15, 0.2) is 5.78 Å². The second kappa shape index (κ2) is 9.71. The molecule has 2 amide bonds. The number of Topliss-reactive ketones (excluding diaryl/α,β-unsaturated/α-hetero) is 1. The van der Waals surface area contributed by atoms with E-state index < -0.39 is 10.0 Å². The number of benzene rings is 1. The Hall–Kier alpha value is -1.93. The van der Waals surface area contributed by atoms with Crippen molar-refractivity contribution < 1.29 is 18.0 Å². The number of amides is 2. The highest BCUT2D eigenvalue weighted by atomic mass is 32.2. The molecular formula is C21H31N3O4S. The molecule has 1 aliphatic heterocycles. The third-order valence-electron chi connectivity index (χ3n) is 5.86. The van der Waals surface area contributed by atoms with Gasteiger partial charge >= 0.3 is 6.03 Å². The number of piperazine rings is 1. The third kappa shape index (κ3) is 5.57. The van der Waals surface area contributed by atoms with Crippen LogP contribution in [0.1, 0.15) is 62.2 Å². The van der Waals surface area contributed by atoms with E-state index in [1.807, 2.05) is 0 Å². The average molecular weight is 422 g/mol. The van der Waals surface area contributed by atoms with Crippen LogP contribution in [0.25, 0.3) is 0 Å². The van der Waals surface area contributed by atoms with Gasteiger partial charge in [0, 0.05) is 37.8 Å². The van der Waals surface area contributed by atoms with Crippen molar-refractivity contribution in [2.75, 3.05) is 26.2 Å². The predicted molar refractivity (Wildman–Crippen MR) is 111 cm³/mol. The Balaban J connectivity index is 1.54. The molecule has 0 bridgehead atoms. The second-order valence-electron chi connectivity index (χ2n) is 7.96. The van der Waals surface area contributed by atoms with Crippen LogP contribution in [0.2, 0.25) is 0 Å². The van der Waals surface area contributed by atoms with E-state index in [2.05, 4.69) is 5.32 Å². The minimum atomic E-state index is -3.63. The molecule has 0 unspecified atom stereocenters. The summed E-state index contributed by atoms with van der Waals surface area (Å²) >= 11 is 0. The summed E-state index contributed by atoms with van der Waals surface area (Å²) < 4.78 is 27.1. The molecule has 1 aliphatic carbocycles. The molecule has 1 aromatic carbocycles. The average Bonchev–Trinajstić information content (AvgIpc) is 2.70. The summed E-state index contributed by atoms with van der Waals surface area (Å²) in [6.45, 7) is 2.75. The normalized spacial score (nSPS) is 20.0. The van der Waals surface area contributed by atoms with Crippen LogP contribution in [-0.4, -0.2) is 61.7 Å². The Morgan fingerprint density at radius 3 is 2.00 bits per heavy atom. The van der Waals surface area contributed by atoms with Crippen molar-refractivity contribution in [2.24, 2.45) is 0 Å². The highest BCUT2D eigenvalue weighted by molar-refractivity contribution is 7.89. The maximum Gasteiger partial charge on any atom is 0.317 e. The summed E-state index contributed by atoms with van der Waals surface area (Å²) in [6.07, 6.45) is 8.10. The lowest BCUT2D eigenvalue weighted by Gasteiger charge is -2.35. The second-order valence-corrected chi connectivity index (χ2v) is 9.90. The van der Waals surface area contributed by atoms with E-state index in [9.17, 15) is 18.0 Å². The lowest BCUT2D eigenvalue weighted by atomic mass is 9.97. The summed E-state index contributed by atoms with van der Waals surface area (Å²) in [5.41, 5.74) is 0.486. The molecule has 29 heavy (non-hydrogen) atoms. The molecule has 160 valence electrons. The topological polar surface area (TPSA) is 86.8 Å². The molecule has 1 aromatic rings. The summed E-state index contributed by atoms with van der Waals surface area (Å²) in [6, 6.07) is 6.16. The van der Waals surface area contributed by atoms with E-state index in [4.69, 9.17) is 0 Å². The van der Waals surface area contributed by atoms with Gasteiger partial charge < -0.3 is 10.2 Å². The van der Waals surface area contributed by atoms with Crippen LogP contribution < -0.4 is 5.32 Å². The molecule has 1 heterocycles. The molecule has 0 radical (unpaired) electrons. The largest absolute Gasteiger partial charge is 0.335 e. The number of nitrogens with zero attached hydrogens (tertiary/aromatic N) is 2. The number of sulfonamides is 1. The molecule has 1 saturated heterocycles. The van der Waals surface area contributed by atoms with Crippen molar-refractivity contribution in [1.29, 1.82) is 0 Å². The van der Waals surface area contributed by atoms with E-state index in [1.165, 1.54) is 54.8 Å². The summed E-state index contributed by atoms with van der Waals surface area (Å²) in [5, 5.41) is 3.15. The zero-order valence-electron chi connectivity index (χ0n) is 17.1. The lowest BCUT2D eigenvalue weighted by molar-refractivity contribution is 0.101. The van der Waals surface area contributed by atoms with E-state index >= 15 is 0 Å². The maximum absolute atomic E-state index is 12.9. The standard InChI is InChI=1S/C21H31N3O4S/c1-17(25)18-9-11-20(12-10-18)29(27,28)24-15-13-23(14-16-24)21(26)22-19-7-5-3-2-4-6-8-19/h9-12,19H,2-8,13-16H2,1H3,(H,22,26). The number of carbonyl (C=O) groups is 2. The fourth-order valence-corrected chi connectivity index (χ4v) is 5.43. The summed E-state index contributed by atoms with van der Waals surface area (Å²) in [4.78, 5) is 25.9. The first-order valence-corrected chi connectivity index (χ1v) is 12.0. The van der Waals surface area contributed by atoms with Crippen molar-refractivity contribution in [3.8, 4) is 0 Å². The monoisotopic (exact) mass is 421 g/mol. The number of hydrogen-bond donors (Lipinski definition) is 1. The molecule has 0 aromatic heterocycles. The molecule has 0 spiro atoms. The fourth-order valence-electron chi connectivity index (χ4n) is 4.01. The first-order valence-electron chi connectivity index (χ1n) is 10.5. The first-order chi connectivity index (χ1) is 13.9. The van der Waals surface area contributed by atoms with Gasteiger partial charge in [-0.25, -0.2) is 13.2 Å². The number of carbonyl (C=O) groups excluding carboxylic acids is 2. The van der Waals surface area contributed by atoms with Gasteiger partial charge in [0.2, 0.25) is 10.0 Å². The lowest BCUT2D eigenvalue weighted by Crippen LogP contribution is -2.54. The summed E-state index contributed by atoms with van der Waals surface area (Å²) in [7, 11) is -3.63. The van der Waals surface area contributed by atoms with E-state index in [-0.39, 0.29) is 35.8 Å². The Labute approximate surface area is 173 Å². The van der Waals surface area contributed by atoms with Gasteiger partial charge in [-0.2, -0.15) is 4.31 Å². The third-order valence-corrected chi connectivity index (χ3v) is 7.77. The first kappa shape index (κ1) is 21.8. The van der Waals surface area contributed by atoms with Gasteiger partial charge in [-0.15, -0.1) is 0 Å². The van der Waals surface area contributed by atoms with E-state index in [1.54, 1.807) is 4.90 Å². The van der Waals surface area contributed by atoms with E-state index in [0.717, 1.165) is 25.7 Å². The molecular weight excluding hydrogens is 390 g/mol. The van der Waals surface area contributed by atoms with Crippen molar-refractivity contribution in [2.45, 2.75) is 62.8 Å². The van der Waals surface area contributed by atoms with Crippen molar-refractivity contribution in [3.05, 3.63) is 29.8 Å². The minimum absolute atomic E-state index is 0.0848. The fraction of sp³-hybridized carbons (Fsp3) is 0.619. The van der Waals surface area contributed by atoms with Crippen LogP contribution in [0.4, 0.5) is 4.79 Å². The van der Waals surface area contributed by atoms with Crippen molar-refractivity contribution in [3.63, 3.8) is 0 Å². The van der Waals surface area contributed by atoms with Crippen molar-refractivity contribution >= 4 is 21.8 Å². The van der Waals surface area contributed by atoms with Gasteiger partial charge in [-0.1, -0.05) is 44.2 Å². The number of urea groups is 1. The molecule has 2 aliphatic rings. The number of nitrogens with one attached hydrogen (secondary N) is 1. The molecule has 8 heteroatoms. The molecule has 1 saturated carbocycles.